The molecule has 1 aliphatic carbocycles. The summed E-state index contributed by atoms with van der Waals surface area (Å²) >= 11 is 0. The Morgan fingerprint density at radius 1 is 0.909 bits per heavy atom. The molecule has 178 valence electrons. The van der Waals surface area contributed by atoms with E-state index in [0.29, 0.717) is 0 Å². The molecule has 1 fully saturated rings. The third-order valence-electron chi connectivity index (χ3n) is 6.06. The molecular weight excluding hydrogens is 434 g/mol. The summed E-state index contributed by atoms with van der Waals surface area (Å²) in [5.41, 5.74) is -2.10. The van der Waals surface area contributed by atoms with Gasteiger partial charge in [0.25, 0.3) is 8.32 Å². The number of carbonyl (C=O) groups excluding carboxylic acids is 1. The number of ether oxygens (including phenoxy) is 1. The lowest BCUT2D eigenvalue weighted by molar-refractivity contribution is -0.153. The van der Waals surface area contributed by atoms with Gasteiger partial charge in [-0.3, -0.25) is 0 Å². The zero-order valence-corrected chi connectivity index (χ0v) is 21.3. The number of aliphatic carboxylic acids is 1. The van der Waals surface area contributed by atoms with Crippen molar-refractivity contribution in [3.8, 4) is 0 Å². The van der Waals surface area contributed by atoms with Crippen LogP contribution in [0.4, 0.5) is 4.79 Å². The van der Waals surface area contributed by atoms with Crippen LogP contribution in [0.3, 0.4) is 0 Å². The van der Waals surface area contributed by atoms with Crippen LogP contribution in [0, 0.1) is 0 Å². The Hall–Kier alpha value is -2.64. The fourth-order valence-electron chi connectivity index (χ4n) is 4.57. The number of rotatable bonds is 6. The molecule has 2 aromatic rings. The van der Waals surface area contributed by atoms with Crippen LogP contribution in [0.25, 0.3) is 0 Å². The topological polar surface area (TPSA) is 84.9 Å². The molecule has 2 N–H and O–H groups in total. The quantitative estimate of drug-likeness (QED) is 0.623. The van der Waals surface area contributed by atoms with E-state index in [-0.39, 0.29) is 24.0 Å². The van der Waals surface area contributed by atoms with E-state index >= 15 is 0 Å². The third-order valence-corrected chi connectivity index (χ3v) is 11.2. The molecule has 1 aliphatic rings. The Kier molecular flexibility index (Phi) is 6.78. The number of benzene rings is 2. The number of hydrogen-bond donors (Lipinski definition) is 2. The first-order valence-electron chi connectivity index (χ1n) is 11.3. The molecule has 0 saturated heterocycles. The van der Waals surface area contributed by atoms with Gasteiger partial charge in [-0.25, -0.2) is 9.59 Å². The normalized spacial score (nSPS) is 21.1. The monoisotopic (exact) mass is 469 g/mol. The number of carboxylic acids is 1. The summed E-state index contributed by atoms with van der Waals surface area (Å²) in [5, 5.41) is 14.6. The minimum Gasteiger partial charge on any atom is -0.479 e. The van der Waals surface area contributed by atoms with Crippen molar-refractivity contribution in [2.24, 2.45) is 0 Å². The van der Waals surface area contributed by atoms with Crippen molar-refractivity contribution >= 4 is 30.8 Å². The SMILES string of the molecule is CC(C)(C)OC(=O)NC1(C(=O)O)CC(O[Si](c2ccccc2)(c2ccccc2)C(C)(C)C)C1. The predicted octanol–water partition coefficient (Wildman–Crippen LogP) is 4.07. The molecule has 6 nitrogen and oxygen atoms in total. The Bertz CT molecular complexity index is 934. The summed E-state index contributed by atoms with van der Waals surface area (Å²) in [4.78, 5) is 24.5. The average molecular weight is 470 g/mol. The van der Waals surface area contributed by atoms with Gasteiger partial charge in [0.05, 0.1) is 6.10 Å². The predicted molar refractivity (Wildman–Crippen MR) is 131 cm³/mol. The zero-order chi connectivity index (χ0) is 24.5. The molecule has 1 amide bonds. The first kappa shape index (κ1) is 25.0. The molecular formula is C26H35NO5Si. The lowest BCUT2D eigenvalue weighted by Gasteiger charge is -2.51. The van der Waals surface area contributed by atoms with Gasteiger partial charge in [0.15, 0.2) is 0 Å². The largest absolute Gasteiger partial charge is 0.479 e. The van der Waals surface area contributed by atoms with Crippen LogP contribution in [0.15, 0.2) is 60.7 Å². The van der Waals surface area contributed by atoms with E-state index in [0.717, 1.165) is 10.4 Å². The minimum atomic E-state index is -2.79. The van der Waals surface area contributed by atoms with Gasteiger partial charge >= 0.3 is 12.1 Å². The van der Waals surface area contributed by atoms with Crippen LogP contribution in [-0.4, -0.2) is 42.7 Å². The van der Waals surface area contributed by atoms with Crippen molar-refractivity contribution in [1.82, 2.24) is 5.32 Å². The van der Waals surface area contributed by atoms with Gasteiger partial charge in [0.2, 0.25) is 0 Å². The molecule has 0 atom stereocenters. The van der Waals surface area contributed by atoms with Crippen molar-refractivity contribution in [1.29, 1.82) is 0 Å². The second kappa shape index (κ2) is 8.95. The van der Waals surface area contributed by atoms with Crippen molar-refractivity contribution < 1.29 is 23.9 Å². The maximum Gasteiger partial charge on any atom is 0.408 e. The fourth-order valence-corrected chi connectivity index (χ4v) is 9.25. The van der Waals surface area contributed by atoms with E-state index in [2.05, 4.69) is 50.4 Å². The molecule has 1 saturated carbocycles. The Balaban J connectivity index is 1.93. The second-order valence-electron chi connectivity index (χ2n) is 10.8. The zero-order valence-electron chi connectivity index (χ0n) is 20.3. The van der Waals surface area contributed by atoms with E-state index in [1.54, 1.807) is 20.8 Å². The van der Waals surface area contributed by atoms with Crippen molar-refractivity contribution in [2.45, 2.75) is 76.7 Å². The van der Waals surface area contributed by atoms with Crippen LogP contribution in [0.2, 0.25) is 5.04 Å². The van der Waals surface area contributed by atoms with Crippen LogP contribution in [0.1, 0.15) is 54.4 Å². The molecule has 0 aromatic heterocycles. The first-order chi connectivity index (χ1) is 15.3. The maximum absolute atomic E-state index is 12.3. The molecule has 7 heteroatoms. The van der Waals surface area contributed by atoms with Gasteiger partial charge in [-0.15, -0.1) is 0 Å². The van der Waals surface area contributed by atoms with Crippen molar-refractivity contribution in [3.63, 3.8) is 0 Å². The molecule has 0 unspecified atom stereocenters. The van der Waals surface area contributed by atoms with Crippen LogP contribution in [0.5, 0.6) is 0 Å². The van der Waals surface area contributed by atoms with Crippen molar-refractivity contribution in [3.05, 3.63) is 60.7 Å². The molecule has 3 rings (SSSR count). The maximum atomic E-state index is 12.3. The van der Waals surface area contributed by atoms with Crippen LogP contribution >= 0.6 is 0 Å². The highest BCUT2D eigenvalue weighted by molar-refractivity contribution is 6.99. The highest BCUT2D eigenvalue weighted by Gasteiger charge is 2.58. The fraction of sp³-hybridized carbons (Fsp3) is 0.462. The van der Waals surface area contributed by atoms with E-state index in [9.17, 15) is 14.7 Å². The van der Waals surface area contributed by atoms with Crippen LogP contribution < -0.4 is 15.7 Å². The molecule has 0 spiro atoms. The number of alkyl carbamates (subject to hydrolysis) is 1. The summed E-state index contributed by atoms with van der Waals surface area (Å²) in [6, 6.07) is 20.4. The summed E-state index contributed by atoms with van der Waals surface area (Å²) in [5.74, 6) is -1.07. The van der Waals surface area contributed by atoms with E-state index in [1.165, 1.54) is 0 Å². The second-order valence-corrected chi connectivity index (χ2v) is 15.1. The minimum absolute atomic E-state index is 0.187. The summed E-state index contributed by atoms with van der Waals surface area (Å²) < 4.78 is 12.3. The first-order valence-corrected chi connectivity index (χ1v) is 13.2. The van der Waals surface area contributed by atoms with E-state index in [1.807, 2.05) is 36.4 Å². The molecule has 0 heterocycles. The van der Waals surface area contributed by atoms with Gasteiger partial charge in [-0.2, -0.15) is 0 Å². The summed E-state index contributed by atoms with van der Waals surface area (Å²) in [6.07, 6.45) is -0.658. The van der Waals surface area contributed by atoms with Crippen molar-refractivity contribution in [2.75, 3.05) is 0 Å². The van der Waals surface area contributed by atoms with Gasteiger partial charge in [-0.1, -0.05) is 81.4 Å². The summed E-state index contributed by atoms with van der Waals surface area (Å²) in [7, 11) is -2.79. The van der Waals surface area contributed by atoms with E-state index in [4.69, 9.17) is 9.16 Å². The number of nitrogens with one attached hydrogen (secondary N) is 1. The number of carboxylic acid groups (broad SMARTS) is 1. The molecule has 2 aromatic carbocycles. The third kappa shape index (κ3) is 5.14. The number of hydrogen-bond acceptors (Lipinski definition) is 4. The van der Waals surface area contributed by atoms with E-state index < -0.39 is 31.5 Å². The Morgan fingerprint density at radius 2 is 1.36 bits per heavy atom. The molecule has 33 heavy (non-hydrogen) atoms. The number of amides is 1. The smallest absolute Gasteiger partial charge is 0.408 e. The average Bonchev–Trinajstić information content (AvgIpc) is 2.68. The van der Waals surface area contributed by atoms with Crippen LogP contribution in [-0.2, 0) is 14.0 Å². The Labute approximate surface area is 197 Å². The molecule has 0 bridgehead atoms. The molecule has 0 radical (unpaired) electrons. The van der Waals surface area contributed by atoms with Gasteiger partial charge in [0.1, 0.15) is 11.1 Å². The lowest BCUT2D eigenvalue weighted by atomic mass is 9.74. The highest BCUT2D eigenvalue weighted by Crippen LogP contribution is 2.43. The van der Waals surface area contributed by atoms with Gasteiger partial charge < -0.3 is 19.6 Å². The highest BCUT2D eigenvalue weighted by atomic mass is 28.4. The molecule has 0 aliphatic heterocycles. The lowest BCUT2D eigenvalue weighted by Crippen LogP contribution is -2.72. The number of carbonyl (C=O) groups is 2. The van der Waals surface area contributed by atoms with Gasteiger partial charge in [-0.05, 0) is 36.2 Å². The summed E-state index contributed by atoms with van der Waals surface area (Å²) in [6.45, 7) is 11.8. The Morgan fingerprint density at radius 3 is 1.73 bits per heavy atom. The standard InChI is InChI=1S/C26H35NO5Si/c1-24(2,3)31-23(30)27-26(22(28)29)17-19(18-26)32-33(25(4,5)6,20-13-9-7-10-14-20)21-15-11-8-12-16-21/h7-16,19H,17-18H2,1-6H3,(H,27,30)(H,28,29). The van der Waals surface area contributed by atoms with Gasteiger partial charge in [0, 0.05) is 12.8 Å².